The second-order valence-corrected chi connectivity index (χ2v) is 5.26. The van der Waals surface area contributed by atoms with Crippen LogP contribution in [0.25, 0.3) is 10.6 Å². The molecule has 2 aromatic rings. The van der Waals surface area contributed by atoms with Gasteiger partial charge in [0.25, 0.3) is 0 Å². The summed E-state index contributed by atoms with van der Waals surface area (Å²) in [4.78, 5) is 4.70. The maximum atomic E-state index is 4.70. The van der Waals surface area contributed by atoms with E-state index in [-0.39, 0.29) is 0 Å². The molecular weight excluding hydrogens is 228 g/mol. The Labute approximate surface area is 107 Å². The van der Waals surface area contributed by atoms with Gasteiger partial charge in [0.15, 0.2) is 0 Å². The van der Waals surface area contributed by atoms with Gasteiger partial charge in [0.05, 0.1) is 5.69 Å². The van der Waals surface area contributed by atoms with E-state index in [0.717, 1.165) is 10.7 Å². The van der Waals surface area contributed by atoms with Gasteiger partial charge >= 0.3 is 0 Å². The summed E-state index contributed by atoms with van der Waals surface area (Å²) >= 11 is 1.72. The molecule has 0 spiro atoms. The van der Waals surface area contributed by atoms with Crippen molar-refractivity contribution in [2.75, 3.05) is 7.05 Å². The maximum Gasteiger partial charge on any atom is 0.123 e. The van der Waals surface area contributed by atoms with Crippen molar-refractivity contribution in [3.63, 3.8) is 0 Å². The minimum Gasteiger partial charge on any atom is -0.312 e. The maximum absolute atomic E-state index is 4.70. The average molecular weight is 246 g/mol. The van der Waals surface area contributed by atoms with Gasteiger partial charge in [-0.05, 0) is 33.4 Å². The van der Waals surface area contributed by atoms with E-state index in [1.165, 1.54) is 16.7 Å². The highest BCUT2D eigenvalue weighted by Crippen LogP contribution is 2.29. The van der Waals surface area contributed by atoms with Crippen LogP contribution in [0.2, 0.25) is 0 Å². The fourth-order valence-corrected chi connectivity index (χ4v) is 2.81. The molecule has 0 saturated heterocycles. The summed E-state index contributed by atoms with van der Waals surface area (Å²) in [5.41, 5.74) is 4.96. The number of aryl methyl sites for hydroxylation is 2. The van der Waals surface area contributed by atoms with Crippen LogP contribution in [0, 0.1) is 13.8 Å². The van der Waals surface area contributed by atoms with Crippen LogP contribution in [0.3, 0.4) is 0 Å². The molecule has 0 bridgehead atoms. The van der Waals surface area contributed by atoms with Gasteiger partial charge in [-0.3, -0.25) is 0 Å². The van der Waals surface area contributed by atoms with E-state index in [0.29, 0.717) is 6.04 Å². The van der Waals surface area contributed by atoms with E-state index < -0.39 is 0 Å². The number of nitrogens with zero attached hydrogens (tertiary/aromatic N) is 1. The highest BCUT2D eigenvalue weighted by molar-refractivity contribution is 7.13. The summed E-state index contributed by atoms with van der Waals surface area (Å²) in [6, 6.07) is 6.82. The van der Waals surface area contributed by atoms with Gasteiger partial charge in [-0.1, -0.05) is 23.8 Å². The standard InChI is InChI=1S/C14H18N2S/c1-9-5-6-12(10(2)7-9)14-16-13(8-17-14)11(3)15-4/h5-8,11,15H,1-4H3. The molecule has 0 fully saturated rings. The Morgan fingerprint density at radius 3 is 2.71 bits per heavy atom. The van der Waals surface area contributed by atoms with Crippen molar-refractivity contribution in [1.82, 2.24) is 10.3 Å². The molecule has 1 aromatic carbocycles. The van der Waals surface area contributed by atoms with Gasteiger partial charge in [-0.25, -0.2) is 4.98 Å². The highest BCUT2D eigenvalue weighted by Gasteiger charge is 2.10. The number of thiazole rings is 1. The Morgan fingerprint density at radius 2 is 2.06 bits per heavy atom. The largest absolute Gasteiger partial charge is 0.312 e. The molecule has 1 N–H and O–H groups in total. The van der Waals surface area contributed by atoms with Gasteiger partial charge < -0.3 is 5.32 Å². The van der Waals surface area contributed by atoms with E-state index in [2.05, 4.69) is 49.7 Å². The minimum absolute atomic E-state index is 0.311. The number of hydrogen-bond acceptors (Lipinski definition) is 3. The van der Waals surface area contributed by atoms with E-state index in [4.69, 9.17) is 4.98 Å². The molecule has 0 radical (unpaired) electrons. The van der Waals surface area contributed by atoms with E-state index >= 15 is 0 Å². The Balaban J connectivity index is 2.37. The molecule has 2 rings (SSSR count). The predicted molar refractivity (Wildman–Crippen MR) is 74.5 cm³/mol. The van der Waals surface area contributed by atoms with Crippen molar-refractivity contribution in [2.24, 2.45) is 0 Å². The number of benzene rings is 1. The van der Waals surface area contributed by atoms with Crippen molar-refractivity contribution < 1.29 is 0 Å². The molecule has 0 aliphatic carbocycles. The van der Waals surface area contributed by atoms with Crippen molar-refractivity contribution in [1.29, 1.82) is 0 Å². The highest BCUT2D eigenvalue weighted by atomic mass is 32.1. The number of hydrogen-bond donors (Lipinski definition) is 1. The molecule has 1 atom stereocenters. The Bertz CT molecular complexity index is 517. The third-order valence-corrected chi connectivity index (χ3v) is 3.90. The average Bonchev–Trinajstić information content (AvgIpc) is 2.77. The molecule has 1 heterocycles. The first-order valence-corrected chi connectivity index (χ1v) is 6.70. The SMILES string of the molecule is CNC(C)c1csc(-c2ccc(C)cc2C)n1. The second-order valence-electron chi connectivity index (χ2n) is 4.41. The van der Waals surface area contributed by atoms with Crippen LogP contribution in [0.5, 0.6) is 0 Å². The van der Waals surface area contributed by atoms with Gasteiger partial charge in [-0.2, -0.15) is 0 Å². The van der Waals surface area contributed by atoms with Crippen LogP contribution in [0.1, 0.15) is 29.8 Å². The summed E-state index contributed by atoms with van der Waals surface area (Å²) in [6.45, 7) is 6.39. The summed E-state index contributed by atoms with van der Waals surface area (Å²) in [5.74, 6) is 0. The van der Waals surface area contributed by atoms with Crippen molar-refractivity contribution in [2.45, 2.75) is 26.8 Å². The van der Waals surface area contributed by atoms with E-state index in [9.17, 15) is 0 Å². The zero-order chi connectivity index (χ0) is 12.4. The van der Waals surface area contributed by atoms with Gasteiger partial charge in [0.1, 0.15) is 5.01 Å². The first-order chi connectivity index (χ1) is 8.11. The van der Waals surface area contributed by atoms with Crippen LogP contribution in [-0.2, 0) is 0 Å². The molecule has 1 unspecified atom stereocenters. The Morgan fingerprint density at radius 1 is 1.29 bits per heavy atom. The molecule has 0 saturated carbocycles. The molecule has 0 aliphatic heterocycles. The molecule has 3 heteroatoms. The Kier molecular flexibility index (Phi) is 3.60. The second kappa shape index (κ2) is 4.98. The lowest BCUT2D eigenvalue weighted by atomic mass is 10.1. The zero-order valence-corrected chi connectivity index (χ0v) is 11.6. The zero-order valence-electron chi connectivity index (χ0n) is 10.7. The first kappa shape index (κ1) is 12.3. The van der Waals surface area contributed by atoms with Crippen molar-refractivity contribution in [3.05, 3.63) is 40.4 Å². The lowest BCUT2D eigenvalue weighted by Gasteiger charge is -2.06. The van der Waals surface area contributed by atoms with E-state index in [1.807, 2.05) is 7.05 Å². The summed E-state index contributed by atoms with van der Waals surface area (Å²) in [6.07, 6.45) is 0. The molecule has 17 heavy (non-hydrogen) atoms. The molecule has 2 nitrogen and oxygen atoms in total. The van der Waals surface area contributed by atoms with Gasteiger partial charge in [0.2, 0.25) is 0 Å². The van der Waals surface area contributed by atoms with Crippen molar-refractivity contribution >= 4 is 11.3 Å². The Hall–Kier alpha value is -1.19. The van der Waals surface area contributed by atoms with Crippen LogP contribution >= 0.6 is 11.3 Å². The molecule has 0 amide bonds. The van der Waals surface area contributed by atoms with Crippen LogP contribution in [-0.4, -0.2) is 12.0 Å². The smallest absolute Gasteiger partial charge is 0.123 e. The quantitative estimate of drug-likeness (QED) is 0.893. The normalized spacial score (nSPS) is 12.7. The van der Waals surface area contributed by atoms with Gasteiger partial charge in [0, 0.05) is 17.0 Å². The molecule has 90 valence electrons. The number of aromatic nitrogens is 1. The topological polar surface area (TPSA) is 24.9 Å². The summed E-state index contributed by atoms with van der Waals surface area (Å²) in [7, 11) is 1.96. The fraction of sp³-hybridized carbons (Fsp3) is 0.357. The molecular formula is C14H18N2S. The van der Waals surface area contributed by atoms with Crippen LogP contribution < -0.4 is 5.32 Å². The third kappa shape index (κ3) is 2.56. The third-order valence-electron chi connectivity index (χ3n) is 3.01. The summed E-state index contributed by atoms with van der Waals surface area (Å²) in [5, 5.41) is 6.46. The molecule has 1 aromatic heterocycles. The number of nitrogens with one attached hydrogen (secondary N) is 1. The number of rotatable bonds is 3. The minimum atomic E-state index is 0.311. The summed E-state index contributed by atoms with van der Waals surface area (Å²) < 4.78 is 0. The van der Waals surface area contributed by atoms with Crippen LogP contribution in [0.4, 0.5) is 0 Å². The van der Waals surface area contributed by atoms with E-state index in [1.54, 1.807) is 11.3 Å². The van der Waals surface area contributed by atoms with Crippen molar-refractivity contribution in [3.8, 4) is 10.6 Å². The fourth-order valence-electron chi connectivity index (χ4n) is 1.81. The molecule has 0 aliphatic rings. The first-order valence-electron chi connectivity index (χ1n) is 5.82. The van der Waals surface area contributed by atoms with Gasteiger partial charge in [-0.15, -0.1) is 11.3 Å². The monoisotopic (exact) mass is 246 g/mol. The predicted octanol–water partition coefficient (Wildman–Crippen LogP) is 3.71. The van der Waals surface area contributed by atoms with Crippen LogP contribution in [0.15, 0.2) is 23.6 Å². The lowest BCUT2D eigenvalue weighted by Crippen LogP contribution is -2.12. The lowest BCUT2D eigenvalue weighted by molar-refractivity contribution is 0.637.